The van der Waals surface area contributed by atoms with E-state index in [1.807, 2.05) is 30.3 Å². The second-order valence-corrected chi connectivity index (χ2v) is 5.40. The molecular formula is C12H15Br2NO. The van der Waals surface area contributed by atoms with Crippen molar-refractivity contribution >= 4 is 37.8 Å². The lowest BCUT2D eigenvalue weighted by Crippen LogP contribution is -2.30. The molecule has 0 aliphatic carbocycles. The summed E-state index contributed by atoms with van der Waals surface area (Å²) in [6.07, 6.45) is 1.85. The van der Waals surface area contributed by atoms with Crippen LogP contribution in [0.1, 0.15) is 18.4 Å². The minimum Gasteiger partial charge on any atom is -0.351 e. The molecule has 1 aromatic rings. The summed E-state index contributed by atoms with van der Waals surface area (Å²) in [6.45, 7) is 0.593. The first kappa shape index (κ1) is 13.7. The van der Waals surface area contributed by atoms with Gasteiger partial charge in [-0.2, -0.15) is 0 Å². The van der Waals surface area contributed by atoms with Crippen LogP contribution in [0.25, 0.3) is 0 Å². The van der Waals surface area contributed by atoms with E-state index in [2.05, 4.69) is 37.2 Å². The summed E-state index contributed by atoms with van der Waals surface area (Å²) in [5.41, 5.74) is 1.12. The van der Waals surface area contributed by atoms with Gasteiger partial charge in [-0.3, -0.25) is 4.79 Å². The molecule has 1 rings (SSSR count). The molecule has 1 atom stereocenters. The van der Waals surface area contributed by atoms with Crippen molar-refractivity contribution in [1.82, 2.24) is 5.32 Å². The van der Waals surface area contributed by atoms with Crippen LogP contribution >= 0.6 is 31.9 Å². The van der Waals surface area contributed by atoms with Gasteiger partial charge in [-0.05, 0) is 18.4 Å². The number of alkyl halides is 2. The Morgan fingerprint density at radius 3 is 2.62 bits per heavy atom. The first-order valence-electron chi connectivity index (χ1n) is 5.25. The average Bonchev–Trinajstić information content (AvgIpc) is 2.34. The lowest BCUT2D eigenvalue weighted by Gasteiger charge is -2.10. The van der Waals surface area contributed by atoms with E-state index >= 15 is 0 Å². The van der Waals surface area contributed by atoms with E-state index in [9.17, 15) is 4.79 Å². The van der Waals surface area contributed by atoms with Crippen molar-refractivity contribution in [3.63, 3.8) is 0 Å². The Morgan fingerprint density at radius 1 is 1.31 bits per heavy atom. The molecule has 4 heteroatoms. The molecule has 1 amide bonds. The van der Waals surface area contributed by atoms with E-state index in [4.69, 9.17) is 0 Å². The van der Waals surface area contributed by atoms with Gasteiger partial charge in [0.05, 0.1) is 4.83 Å². The summed E-state index contributed by atoms with van der Waals surface area (Å²) >= 11 is 6.74. The first-order valence-corrected chi connectivity index (χ1v) is 7.29. The second-order valence-electron chi connectivity index (χ2n) is 3.50. The third-order valence-corrected chi connectivity index (χ3v) is 3.62. The van der Waals surface area contributed by atoms with Crippen LogP contribution in [0.3, 0.4) is 0 Å². The number of hydrogen-bond donors (Lipinski definition) is 1. The summed E-state index contributed by atoms with van der Waals surface area (Å²) in [6, 6.07) is 9.91. The molecule has 0 heterocycles. The van der Waals surface area contributed by atoms with Crippen LogP contribution in [-0.2, 0) is 11.3 Å². The number of rotatable bonds is 6. The molecule has 0 radical (unpaired) electrons. The molecule has 0 saturated carbocycles. The van der Waals surface area contributed by atoms with E-state index in [0.717, 1.165) is 23.7 Å². The van der Waals surface area contributed by atoms with Gasteiger partial charge >= 0.3 is 0 Å². The van der Waals surface area contributed by atoms with Crippen molar-refractivity contribution in [1.29, 1.82) is 0 Å². The highest BCUT2D eigenvalue weighted by molar-refractivity contribution is 9.10. The van der Waals surface area contributed by atoms with Crippen molar-refractivity contribution < 1.29 is 4.79 Å². The molecule has 16 heavy (non-hydrogen) atoms. The standard InChI is InChI=1S/C12H15Br2NO/c13-8-4-7-11(14)12(16)15-9-10-5-2-1-3-6-10/h1-3,5-6,11H,4,7-9H2,(H,15,16). The fraction of sp³-hybridized carbons (Fsp3) is 0.417. The molecule has 0 saturated heterocycles. The quantitative estimate of drug-likeness (QED) is 0.785. The third kappa shape index (κ3) is 5.12. The molecule has 1 aromatic carbocycles. The molecule has 0 aliphatic rings. The van der Waals surface area contributed by atoms with Crippen molar-refractivity contribution in [2.24, 2.45) is 0 Å². The number of carbonyl (C=O) groups is 1. The van der Waals surface area contributed by atoms with Gasteiger partial charge in [0.1, 0.15) is 0 Å². The Hall–Kier alpha value is -0.350. The molecule has 1 unspecified atom stereocenters. The van der Waals surface area contributed by atoms with Crippen LogP contribution < -0.4 is 5.32 Å². The predicted octanol–water partition coefficient (Wildman–Crippen LogP) is 3.24. The van der Waals surface area contributed by atoms with Crippen molar-refractivity contribution in [3.05, 3.63) is 35.9 Å². The van der Waals surface area contributed by atoms with Gasteiger partial charge in [-0.15, -0.1) is 0 Å². The largest absolute Gasteiger partial charge is 0.351 e. The number of benzene rings is 1. The van der Waals surface area contributed by atoms with Gasteiger partial charge in [0.15, 0.2) is 0 Å². The number of carbonyl (C=O) groups excluding carboxylic acids is 1. The molecule has 0 aromatic heterocycles. The van der Waals surface area contributed by atoms with Gasteiger partial charge in [0.25, 0.3) is 0 Å². The molecule has 0 bridgehead atoms. The van der Waals surface area contributed by atoms with Crippen LogP contribution in [0.4, 0.5) is 0 Å². The zero-order valence-electron chi connectivity index (χ0n) is 8.96. The Kier molecular flexibility index (Phi) is 6.73. The molecule has 0 spiro atoms. The van der Waals surface area contributed by atoms with Crippen molar-refractivity contribution in [3.8, 4) is 0 Å². The highest BCUT2D eigenvalue weighted by Crippen LogP contribution is 2.09. The van der Waals surface area contributed by atoms with Crippen LogP contribution in [0.2, 0.25) is 0 Å². The van der Waals surface area contributed by atoms with Gasteiger partial charge in [0.2, 0.25) is 5.91 Å². The third-order valence-electron chi connectivity index (χ3n) is 2.19. The molecular weight excluding hydrogens is 334 g/mol. The van der Waals surface area contributed by atoms with E-state index in [1.54, 1.807) is 0 Å². The van der Waals surface area contributed by atoms with E-state index < -0.39 is 0 Å². The topological polar surface area (TPSA) is 29.1 Å². The second kappa shape index (κ2) is 7.85. The lowest BCUT2D eigenvalue weighted by molar-refractivity contribution is -0.120. The SMILES string of the molecule is O=C(NCc1ccccc1)C(Br)CCCBr. The van der Waals surface area contributed by atoms with Gasteiger partial charge in [-0.25, -0.2) is 0 Å². The average molecular weight is 349 g/mol. The molecule has 0 fully saturated rings. The number of hydrogen-bond acceptors (Lipinski definition) is 1. The van der Waals surface area contributed by atoms with E-state index in [1.165, 1.54) is 0 Å². The minimum absolute atomic E-state index is 0.0600. The zero-order chi connectivity index (χ0) is 11.8. The number of halogens is 2. The molecule has 0 aliphatic heterocycles. The number of amides is 1. The summed E-state index contributed by atoms with van der Waals surface area (Å²) < 4.78 is 0. The first-order chi connectivity index (χ1) is 7.74. The van der Waals surface area contributed by atoms with E-state index in [0.29, 0.717) is 6.54 Å². The fourth-order valence-corrected chi connectivity index (χ4v) is 2.09. The smallest absolute Gasteiger partial charge is 0.234 e. The van der Waals surface area contributed by atoms with Crippen molar-refractivity contribution in [2.75, 3.05) is 5.33 Å². The Balaban J connectivity index is 2.29. The zero-order valence-corrected chi connectivity index (χ0v) is 12.1. The summed E-state index contributed by atoms with van der Waals surface area (Å²) in [5.74, 6) is 0.0600. The maximum atomic E-state index is 11.6. The molecule has 88 valence electrons. The Labute approximate surface area is 113 Å². The Bertz CT molecular complexity index is 316. The molecule has 2 nitrogen and oxygen atoms in total. The van der Waals surface area contributed by atoms with Crippen LogP contribution in [0.5, 0.6) is 0 Å². The summed E-state index contributed by atoms with van der Waals surface area (Å²) in [5, 5.41) is 3.84. The van der Waals surface area contributed by atoms with Gasteiger partial charge in [-0.1, -0.05) is 62.2 Å². The Morgan fingerprint density at radius 2 is 2.00 bits per heavy atom. The highest BCUT2D eigenvalue weighted by Gasteiger charge is 2.13. The monoisotopic (exact) mass is 347 g/mol. The van der Waals surface area contributed by atoms with Gasteiger partial charge < -0.3 is 5.32 Å². The van der Waals surface area contributed by atoms with Crippen molar-refractivity contribution in [2.45, 2.75) is 24.2 Å². The van der Waals surface area contributed by atoms with Crippen LogP contribution in [0.15, 0.2) is 30.3 Å². The predicted molar refractivity (Wildman–Crippen MR) is 74.0 cm³/mol. The van der Waals surface area contributed by atoms with Crippen LogP contribution in [0, 0.1) is 0 Å². The summed E-state index contributed by atoms with van der Waals surface area (Å²) in [7, 11) is 0. The fourth-order valence-electron chi connectivity index (χ4n) is 1.28. The normalized spacial score (nSPS) is 12.1. The molecule has 1 N–H and O–H groups in total. The maximum absolute atomic E-state index is 11.6. The summed E-state index contributed by atoms with van der Waals surface area (Å²) in [4.78, 5) is 11.6. The van der Waals surface area contributed by atoms with E-state index in [-0.39, 0.29) is 10.7 Å². The lowest BCUT2D eigenvalue weighted by atomic mass is 10.2. The maximum Gasteiger partial charge on any atom is 0.234 e. The minimum atomic E-state index is -0.0891. The van der Waals surface area contributed by atoms with Gasteiger partial charge in [0, 0.05) is 11.9 Å². The van der Waals surface area contributed by atoms with Crippen LogP contribution in [-0.4, -0.2) is 16.1 Å². The number of nitrogens with one attached hydrogen (secondary N) is 1. The highest BCUT2D eigenvalue weighted by atomic mass is 79.9.